The fourth-order valence-corrected chi connectivity index (χ4v) is 3.88. The van der Waals surface area contributed by atoms with Crippen LogP contribution in [0.1, 0.15) is 5.56 Å². The molecule has 4 rings (SSSR count). The first-order valence-electron chi connectivity index (χ1n) is 8.25. The monoisotopic (exact) mass is 372 g/mol. The Hall–Kier alpha value is -2.67. The second-order valence-corrected chi connectivity index (χ2v) is 7.13. The molecule has 7 heteroatoms. The first kappa shape index (κ1) is 16.8. The molecule has 26 heavy (non-hydrogen) atoms. The lowest BCUT2D eigenvalue weighted by Gasteiger charge is -2.38. The summed E-state index contributed by atoms with van der Waals surface area (Å²) in [5, 5.41) is 0.898. The molecule has 0 radical (unpaired) electrons. The lowest BCUT2D eigenvalue weighted by atomic mass is 10.1. The average molecular weight is 372 g/mol. The van der Waals surface area contributed by atoms with Gasteiger partial charge in [0.15, 0.2) is 5.13 Å². The van der Waals surface area contributed by atoms with Gasteiger partial charge < -0.3 is 14.4 Å². The number of hydrogen-bond donors (Lipinski definition) is 0. The second kappa shape index (κ2) is 6.92. The number of nitrogens with zero attached hydrogens (tertiary/aromatic N) is 2. The number of methoxy groups -OCH3 is 1. The van der Waals surface area contributed by atoms with Crippen LogP contribution >= 0.6 is 11.3 Å². The number of benzene rings is 2. The van der Waals surface area contributed by atoms with Gasteiger partial charge in [0, 0.05) is 0 Å². The fraction of sp³-hybridized carbons (Fsp3) is 0.263. The summed E-state index contributed by atoms with van der Waals surface area (Å²) in [5.41, 5.74) is 1.60. The van der Waals surface area contributed by atoms with Crippen molar-refractivity contribution in [3.05, 3.63) is 53.8 Å². The van der Waals surface area contributed by atoms with E-state index in [9.17, 15) is 9.18 Å². The number of anilines is 1. The largest absolute Gasteiger partial charge is 0.494 e. The van der Waals surface area contributed by atoms with Gasteiger partial charge in [0.25, 0.3) is 0 Å². The van der Waals surface area contributed by atoms with Crippen molar-refractivity contribution in [2.45, 2.75) is 12.5 Å². The van der Waals surface area contributed by atoms with Gasteiger partial charge in [0.05, 0.1) is 31.3 Å². The van der Waals surface area contributed by atoms with Crippen molar-refractivity contribution < 1.29 is 18.7 Å². The highest BCUT2D eigenvalue weighted by atomic mass is 32.1. The van der Waals surface area contributed by atoms with Crippen molar-refractivity contribution in [3.63, 3.8) is 0 Å². The highest BCUT2D eigenvalue weighted by molar-refractivity contribution is 7.22. The van der Waals surface area contributed by atoms with Crippen LogP contribution in [-0.4, -0.2) is 37.3 Å². The summed E-state index contributed by atoms with van der Waals surface area (Å²) in [6.45, 7) is 1.24. The van der Waals surface area contributed by atoms with E-state index in [2.05, 4.69) is 9.88 Å². The summed E-state index contributed by atoms with van der Waals surface area (Å²) in [7, 11) is 1.63. The maximum atomic E-state index is 12.9. The van der Waals surface area contributed by atoms with Gasteiger partial charge in [-0.05, 0) is 29.8 Å². The third kappa shape index (κ3) is 3.35. The minimum Gasteiger partial charge on any atom is -0.494 e. The molecular formula is C19H17FN2O3S. The van der Waals surface area contributed by atoms with Gasteiger partial charge in [-0.15, -0.1) is 0 Å². The maximum absolute atomic E-state index is 12.9. The van der Waals surface area contributed by atoms with Gasteiger partial charge in [-0.25, -0.2) is 9.37 Å². The van der Waals surface area contributed by atoms with Gasteiger partial charge in [0.2, 0.25) is 0 Å². The van der Waals surface area contributed by atoms with Crippen molar-refractivity contribution in [2.75, 3.05) is 25.1 Å². The third-order valence-electron chi connectivity index (χ3n) is 4.27. The molecule has 1 aliphatic rings. The van der Waals surface area contributed by atoms with Gasteiger partial charge >= 0.3 is 5.97 Å². The zero-order valence-electron chi connectivity index (χ0n) is 14.1. The van der Waals surface area contributed by atoms with E-state index < -0.39 is 0 Å². The molecule has 1 saturated heterocycles. The molecule has 134 valence electrons. The molecule has 0 unspecified atom stereocenters. The van der Waals surface area contributed by atoms with E-state index in [4.69, 9.17) is 9.47 Å². The molecule has 3 aromatic rings. The first-order chi connectivity index (χ1) is 12.6. The molecule has 5 nitrogen and oxygen atoms in total. The number of thiazole rings is 1. The Bertz CT molecular complexity index is 936. The van der Waals surface area contributed by atoms with Crippen molar-refractivity contribution >= 4 is 32.7 Å². The predicted octanol–water partition coefficient (Wildman–Crippen LogP) is 3.42. The van der Waals surface area contributed by atoms with Crippen molar-refractivity contribution in [3.8, 4) is 5.75 Å². The van der Waals surface area contributed by atoms with Crippen LogP contribution < -0.4 is 9.64 Å². The Kier molecular flexibility index (Phi) is 4.46. The van der Waals surface area contributed by atoms with Gasteiger partial charge in [0.1, 0.15) is 23.2 Å². The molecule has 0 saturated carbocycles. The molecule has 0 atom stereocenters. The second-order valence-electron chi connectivity index (χ2n) is 6.12. The quantitative estimate of drug-likeness (QED) is 0.643. The number of halogens is 1. The molecule has 0 N–H and O–H groups in total. The number of aromatic nitrogens is 1. The Balaban J connectivity index is 1.34. The lowest BCUT2D eigenvalue weighted by Crippen LogP contribution is -2.53. The van der Waals surface area contributed by atoms with E-state index >= 15 is 0 Å². The van der Waals surface area contributed by atoms with Crippen LogP contribution in [0.15, 0.2) is 42.5 Å². The summed E-state index contributed by atoms with van der Waals surface area (Å²) in [5.74, 6) is 0.143. The van der Waals surface area contributed by atoms with Crippen LogP contribution in [0.4, 0.5) is 9.52 Å². The lowest BCUT2D eigenvalue weighted by molar-refractivity contribution is -0.149. The van der Waals surface area contributed by atoms with Crippen LogP contribution in [0.2, 0.25) is 0 Å². The van der Waals surface area contributed by atoms with Crippen molar-refractivity contribution in [1.29, 1.82) is 0 Å². The standard InChI is InChI=1S/C19H17FN2O3S/c1-24-15-3-2-4-16-18(15)21-19(26-16)22-10-14(11-22)25-17(23)9-12-5-7-13(20)8-6-12/h2-8,14H,9-11H2,1H3. The van der Waals surface area contributed by atoms with Crippen LogP contribution in [0, 0.1) is 5.82 Å². The normalized spacial score (nSPS) is 14.3. The minimum atomic E-state index is -0.316. The van der Waals surface area contributed by atoms with E-state index in [-0.39, 0.29) is 24.3 Å². The van der Waals surface area contributed by atoms with Crippen LogP contribution in [0.25, 0.3) is 10.2 Å². The Morgan fingerprint density at radius 2 is 2.04 bits per heavy atom. The number of hydrogen-bond acceptors (Lipinski definition) is 6. The Morgan fingerprint density at radius 3 is 2.77 bits per heavy atom. The number of esters is 1. The molecule has 0 bridgehead atoms. The molecule has 2 heterocycles. The number of para-hydroxylation sites is 1. The number of carbonyl (C=O) groups is 1. The fourth-order valence-electron chi connectivity index (χ4n) is 2.88. The van der Waals surface area contributed by atoms with Crippen LogP contribution in [-0.2, 0) is 16.0 Å². The zero-order chi connectivity index (χ0) is 18.1. The highest BCUT2D eigenvalue weighted by Crippen LogP contribution is 2.35. The number of carbonyl (C=O) groups excluding carboxylic acids is 1. The summed E-state index contributed by atoms with van der Waals surface area (Å²) < 4.78 is 24.8. The Morgan fingerprint density at radius 1 is 1.27 bits per heavy atom. The first-order valence-corrected chi connectivity index (χ1v) is 9.06. The third-order valence-corrected chi connectivity index (χ3v) is 5.35. The summed E-state index contributed by atoms with van der Waals surface area (Å²) in [6.07, 6.45) is 0.00613. The topological polar surface area (TPSA) is 51.7 Å². The average Bonchev–Trinajstić information content (AvgIpc) is 3.03. The van der Waals surface area contributed by atoms with Gasteiger partial charge in [-0.1, -0.05) is 29.5 Å². The van der Waals surface area contributed by atoms with E-state index in [1.165, 1.54) is 12.1 Å². The molecular weight excluding hydrogens is 355 g/mol. The highest BCUT2D eigenvalue weighted by Gasteiger charge is 2.32. The smallest absolute Gasteiger partial charge is 0.310 e. The summed E-state index contributed by atoms with van der Waals surface area (Å²) in [4.78, 5) is 18.7. The Labute approximate surface area is 154 Å². The SMILES string of the molecule is COc1cccc2sc(N3CC(OC(=O)Cc4ccc(F)cc4)C3)nc12. The van der Waals surface area contributed by atoms with Crippen molar-refractivity contribution in [1.82, 2.24) is 4.98 Å². The summed E-state index contributed by atoms with van der Waals surface area (Å²) in [6, 6.07) is 11.7. The van der Waals surface area contributed by atoms with E-state index in [1.807, 2.05) is 18.2 Å². The maximum Gasteiger partial charge on any atom is 0.310 e. The minimum absolute atomic E-state index is 0.142. The predicted molar refractivity (Wildman–Crippen MR) is 98.4 cm³/mol. The van der Waals surface area contributed by atoms with E-state index in [0.29, 0.717) is 13.1 Å². The van der Waals surface area contributed by atoms with E-state index in [1.54, 1.807) is 30.6 Å². The van der Waals surface area contributed by atoms with E-state index in [0.717, 1.165) is 26.7 Å². The summed E-state index contributed by atoms with van der Waals surface area (Å²) >= 11 is 1.59. The molecule has 1 aliphatic heterocycles. The number of rotatable bonds is 5. The molecule has 2 aromatic carbocycles. The molecule has 1 fully saturated rings. The molecule has 0 aliphatic carbocycles. The molecule has 0 spiro atoms. The van der Waals surface area contributed by atoms with Gasteiger partial charge in [-0.2, -0.15) is 0 Å². The van der Waals surface area contributed by atoms with Crippen molar-refractivity contribution in [2.24, 2.45) is 0 Å². The van der Waals surface area contributed by atoms with Crippen LogP contribution in [0.3, 0.4) is 0 Å². The van der Waals surface area contributed by atoms with Crippen LogP contribution in [0.5, 0.6) is 5.75 Å². The zero-order valence-corrected chi connectivity index (χ0v) is 15.0. The number of ether oxygens (including phenoxy) is 2. The van der Waals surface area contributed by atoms with Gasteiger partial charge in [-0.3, -0.25) is 4.79 Å². The molecule has 1 aromatic heterocycles. The molecule has 0 amide bonds. The number of fused-ring (bicyclic) bond motifs is 1.